The van der Waals surface area contributed by atoms with E-state index >= 15 is 0 Å². The number of rotatable bonds is 3. The quantitative estimate of drug-likeness (QED) is 0.899. The Morgan fingerprint density at radius 3 is 2.62 bits per heavy atom. The van der Waals surface area contributed by atoms with E-state index in [1.807, 2.05) is 34.6 Å². The van der Waals surface area contributed by atoms with Crippen LogP contribution in [0.3, 0.4) is 0 Å². The third kappa shape index (κ3) is 4.90. The summed E-state index contributed by atoms with van der Waals surface area (Å²) in [4.78, 5) is 30.8. The lowest BCUT2D eigenvalue weighted by Gasteiger charge is -2.35. The third-order valence-electron chi connectivity index (χ3n) is 3.62. The zero-order valence-corrected chi connectivity index (χ0v) is 15.8. The van der Waals surface area contributed by atoms with Gasteiger partial charge in [0.2, 0.25) is 11.0 Å². The topological polar surface area (TPSA) is 84.4 Å². The van der Waals surface area contributed by atoms with E-state index in [1.165, 1.54) is 4.90 Å². The van der Waals surface area contributed by atoms with E-state index in [0.717, 1.165) is 24.4 Å². The van der Waals surface area contributed by atoms with Crippen molar-refractivity contribution in [2.45, 2.75) is 71.4 Å². The van der Waals surface area contributed by atoms with Crippen LogP contribution in [-0.4, -0.2) is 44.4 Å². The normalized spacial score (nSPS) is 18.6. The Morgan fingerprint density at radius 2 is 2.04 bits per heavy atom. The van der Waals surface area contributed by atoms with Crippen molar-refractivity contribution in [2.75, 3.05) is 11.9 Å². The molecule has 2 amide bonds. The summed E-state index contributed by atoms with van der Waals surface area (Å²) in [6.45, 7) is 9.98. The molecule has 24 heavy (non-hydrogen) atoms. The number of hydrogen-bond donors (Lipinski definition) is 1. The Hall–Kier alpha value is -1.70. The van der Waals surface area contributed by atoms with Crippen LogP contribution in [0.5, 0.6) is 0 Å². The van der Waals surface area contributed by atoms with Crippen molar-refractivity contribution in [2.24, 2.45) is 0 Å². The maximum atomic E-state index is 12.6. The molecule has 0 radical (unpaired) electrons. The number of amides is 2. The van der Waals surface area contributed by atoms with Crippen LogP contribution in [0.4, 0.5) is 9.93 Å². The van der Waals surface area contributed by atoms with Gasteiger partial charge in [-0.1, -0.05) is 13.8 Å². The summed E-state index contributed by atoms with van der Waals surface area (Å²) in [5.74, 6) is 0.690. The number of hydrogen-bond acceptors (Lipinski definition) is 6. The highest BCUT2D eigenvalue weighted by molar-refractivity contribution is 7.09. The minimum absolute atomic E-state index is 0.208. The van der Waals surface area contributed by atoms with Gasteiger partial charge in [-0.05, 0) is 40.0 Å². The average Bonchev–Trinajstić information content (AvgIpc) is 2.94. The first-order valence-corrected chi connectivity index (χ1v) is 9.09. The molecular weight excluding hydrogens is 328 g/mol. The van der Waals surface area contributed by atoms with Crippen LogP contribution < -0.4 is 5.32 Å². The summed E-state index contributed by atoms with van der Waals surface area (Å²) < 4.78 is 9.65. The number of carbonyl (C=O) groups excluding carboxylic acids is 2. The standard InChI is InChI=1S/C16H26N4O3S/c1-10(2)12-17-14(24-19-12)18-13(21)11-8-6-7-9-20(11)15(22)23-16(3,4)5/h10-11H,6-9H2,1-5H3,(H,17,18,19,21)/t11-/m0/s1. The lowest BCUT2D eigenvalue weighted by Crippen LogP contribution is -2.51. The number of nitrogens with one attached hydrogen (secondary N) is 1. The zero-order chi connectivity index (χ0) is 17.9. The average molecular weight is 354 g/mol. The SMILES string of the molecule is CC(C)c1nsc(NC(=O)[C@@H]2CCCCN2C(=O)OC(C)(C)C)n1. The van der Waals surface area contributed by atoms with Crippen molar-refractivity contribution in [1.29, 1.82) is 0 Å². The molecule has 0 spiro atoms. The second-order valence-electron chi connectivity index (χ2n) is 7.29. The van der Waals surface area contributed by atoms with Gasteiger partial charge < -0.3 is 4.74 Å². The Morgan fingerprint density at radius 1 is 1.33 bits per heavy atom. The van der Waals surface area contributed by atoms with Gasteiger partial charge in [-0.3, -0.25) is 15.0 Å². The van der Waals surface area contributed by atoms with Crippen LogP contribution in [0.2, 0.25) is 0 Å². The van der Waals surface area contributed by atoms with E-state index in [-0.39, 0.29) is 11.8 Å². The van der Waals surface area contributed by atoms with Crippen LogP contribution in [0.25, 0.3) is 0 Å². The fourth-order valence-corrected chi connectivity index (χ4v) is 3.16. The van der Waals surface area contributed by atoms with Gasteiger partial charge >= 0.3 is 6.09 Å². The Balaban J connectivity index is 2.05. The second kappa shape index (κ2) is 7.46. The third-order valence-corrected chi connectivity index (χ3v) is 4.27. The zero-order valence-electron chi connectivity index (χ0n) is 15.0. The molecule has 0 saturated carbocycles. The highest BCUT2D eigenvalue weighted by Crippen LogP contribution is 2.23. The van der Waals surface area contributed by atoms with Crippen LogP contribution in [-0.2, 0) is 9.53 Å². The molecule has 1 aromatic rings. The van der Waals surface area contributed by atoms with E-state index in [2.05, 4.69) is 14.7 Å². The van der Waals surface area contributed by atoms with Crippen LogP contribution in [0.15, 0.2) is 0 Å². The van der Waals surface area contributed by atoms with Crippen molar-refractivity contribution >= 4 is 28.7 Å². The van der Waals surface area contributed by atoms with Gasteiger partial charge in [0, 0.05) is 24.0 Å². The van der Waals surface area contributed by atoms with Crippen molar-refractivity contribution in [1.82, 2.24) is 14.3 Å². The van der Waals surface area contributed by atoms with Crippen molar-refractivity contribution in [3.63, 3.8) is 0 Å². The van der Waals surface area contributed by atoms with Crippen LogP contribution >= 0.6 is 11.5 Å². The molecule has 0 unspecified atom stereocenters. The molecule has 2 heterocycles. The van der Waals surface area contributed by atoms with Gasteiger partial charge in [-0.2, -0.15) is 4.37 Å². The predicted molar refractivity (Wildman–Crippen MR) is 93.2 cm³/mol. The first-order chi connectivity index (χ1) is 11.2. The second-order valence-corrected chi connectivity index (χ2v) is 8.04. The highest BCUT2D eigenvalue weighted by atomic mass is 32.1. The van der Waals surface area contributed by atoms with E-state index in [1.54, 1.807) is 0 Å². The Bertz CT molecular complexity index is 594. The number of anilines is 1. The largest absolute Gasteiger partial charge is 0.444 e. The van der Waals surface area contributed by atoms with E-state index < -0.39 is 17.7 Å². The molecule has 7 nitrogen and oxygen atoms in total. The van der Waals surface area contributed by atoms with Gasteiger partial charge in [0.15, 0.2) is 0 Å². The molecule has 0 aromatic carbocycles. The monoisotopic (exact) mass is 354 g/mol. The molecule has 2 rings (SSSR count). The molecule has 1 N–H and O–H groups in total. The molecule has 134 valence electrons. The first-order valence-electron chi connectivity index (χ1n) is 8.31. The minimum atomic E-state index is -0.582. The fourth-order valence-electron chi connectivity index (χ4n) is 2.45. The van der Waals surface area contributed by atoms with Gasteiger partial charge in [-0.15, -0.1) is 0 Å². The van der Waals surface area contributed by atoms with Crippen LogP contribution in [0, 0.1) is 0 Å². The molecule has 1 atom stereocenters. The summed E-state index contributed by atoms with van der Waals surface area (Å²) >= 11 is 1.16. The minimum Gasteiger partial charge on any atom is -0.444 e. The van der Waals surface area contributed by atoms with Crippen molar-refractivity contribution in [3.05, 3.63) is 5.82 Å². The Kier molecular flexibility index (Phi) is 5.79. The van der Waals surface area contributed by atoms with E-state index in [0.29, 0.717) is 23.9 Å². The number of aromatic nitrogens is 2. The highest BCUT2D eigenvalue weighted by Gasteiger charge is 2.35. The van der Waals surface area contributed by atoms with Gasteiger partial charge in [0.25, 0.3) is 0 Å². The molecule has 1 aliphatic heterocycles. The number of nitrogens with zero attached hydrogens (tertiary/aromatic N) is 3. The molecule has 0 aliphatic carbocycles. The summed E-state index contributed by atoms with van der Waals surface area (Å²) in [6, 6.07) is -0.528. The summed E-state index contributed by atoms with van der Waals surface area (Å²) in [5, 5.41) is 3.26. The van der Waals surface area contributed by atoms with E-state index in [9.17, 15) is 9.59 Å². The molecule has 1 fully saturated rings. The maximum Gasteiger partial charge on any atom is 0.410 e. The summed E-state index contributed by atoms with van der Waals surface area (Å²) in [6.07, 6.45) is 1.97. The smallest absolute Gasteiger partial charge is 0.410 e. The number of ether oxygens (including phenoxy) is 1. The molecule has 1 aromatic heterocycles. The van der Waals surface area contributed by atoms with Gasteiger partial charge in [0.05, 0.1) is 0 Å². The number of piperidine rings is 1. The van der Waals surface area contributed by atoms with Crippen molar-refractivity contribution in [3.8, 4) is 0 Å². The molecule has 1 aliphatic rings. The molecular formula is C16H26N4O3S. The van der Waals surface area contributed by atoms with Crippen LogP contribution in [0.1, 0.15) is 65.6 Å². The predicted octanol–water partition coefficient (Wildman–Crippen LogP) is 3.39. The van der Waals surface area contributed by atoms with Gasteiger partial charge in [-0.25, -0.2) is 9.78 Å². The number of likely N-dealkylation sites (tertiary alicyclic amines) is 1. The Labute approximate surface area is 147 Å². The van der Waals surface area contributed by atoms with E-state index in [4.69, 9.17) is 4.74 Å². The maximum absolute atomic E-state index is 12.6. The lowest BCUT2D eigenvalue weighted by molar-refractivity contribution is -0.122. The fraction of sp³-hybridized carbons (Fsp3) is 0.750. The summed E-state index contributed by atoms with van der Waals surface area (Å²) in [5.41, 5.74) is -0.582. The van der Waals surface area contributed by atoms with Gasteiger partial charge in [0.1, 0.15) is 17.5 Å². The number of carbonyl (C=O) groups is 2. The van der Waals surface area contributed by atoms with Crippen molar-refractivity contribution < 1.29 is 14.3 Å². The molecule has 0 bridgehead atoms. The first kappa shape index (κ1) is 18.6. The molecule has 8 heteroatoms. The summed E-state index contributed by atoms with van der Waals surface area (Å²) in [7, 11) is 0. The molecule has 1 saturated heterocycles. The lowest BCUT2D eigenvalue weighted by atomic mass is 10.0.